The molecule has 1 aromatic rings. The molecule has 1 aliphatic heterocycles. The molecular formula is C19H27NO3. The summed E-state index contributed by atoms with van der Waals surface area (Å²) >= 11 is 0. The molecule has 4 nitrogen and oxygen atoms in total. The molecule has 1 atom stereocenters. The van der Waals surface area contributed by atoms with E-state index < -0.39 is 5.60 Å². The molecular weight excluding hydrogens is 290 g/mol. The van der Waals surface area contributed by atoms with Crippen LogP contribution < -0.4 is 4.74 Å². The van der Waals surface area contributed by atoms with E-state index in [1.54, 1.807) is 4.90 Å². The van der Waals surface area contributed by atoms with Crippen LogP contribution in [0.2, 0.25) is 0 Å². The van der Waals surface area contributed by atoms with E-state index in [1.807, 2.05) is 20.8 Å². The summed E-state index contributed by atoms with van der Waals surface area (Å²) in [6.45, 7) is 8.95. The van der Waals surface area contributed by atoms with Crippen LogP contribution in [0.3, 0.4) is 0 Å². The van der Waals surface area contributed by atoms with E-state index in [0.717, 1.165) is 30.6 Å². The first-order chi connectivity index (χ1) is 10.9. The summed E-state index contributed by atoms with van der Waals surface area (Å²) in [4.78, 5) is 14.3. The Labute approximate surface area is 138 Å². The quantitative estimate of drug-likeness (QED) is 0.783. The van der Waals surface area contributed by atoms with Crippen molar-refractivity contribution in [3.05, 3.63) is 28.8 Å². The highest BCUT2D eigenvalue weighted by molar-refractivity contribution is 5.68. The van der Waals surface area contributed by atoms with Crippen LogP contribution in [0.15, 0.2) is 12.1 Å². The van der Waals surface area contributed by atoms with Crippen LogP contribution >= 0.6 is 0 Å². The highest BCUT2D eigenvalue weighted by atomic mass is 16.6. The number of nitrogens with zero attached hydrogens (tertiary/aromatic N) is 1. The average molecular weight is 317 g/mol. The first-order valence-corrected chi connectivity index (χ1v) is 8.65. The molecule has 0 N–H and O–H groups in total. The smallest absolute Gasteiger partial charge is 0.410 e. The third-order valence-corrected chi connectivity index (χ3v) is 4.49. The molecule has 2 aliphatic rings. The Morgan fingerprint density at radius 2 is 2.04 bits per heavy atom. The van der Waals surface area contributed by atoms with Crippen molar-refractivity contribution >= 4 is 6.09 Å². The Balaban J connectivity index is 1.90. The summed E-state index contributed by atoms with van der Waals surface area (Å²) in [5, 5.41) is 0. The molecule has 3 rings (SSSR count). The monoisotopic (exact) mass is 317 g/mol. The SMILES string of the molecule is CC[C@@H]1CN(C(=O)OC(C)(C)C)Cc2ccc3c(c2O1)CCC3. The highest BCUT2D eigenvalue weighted by Crippen LogP contribution is 2.37. The summed E-state index contributed by atoms with van der Waals surface area (Å²) in [6, 6.07) is 4.32. The lowest BCUT2D eigenvalue weighted by Gasteiger charge is -2.27. The van der Waals surface area contributed by atoms with Crippen LogP contribution in [0.5, 0.6) is 5.75 Å². The second kappa shape index (κ2) is 6.06. The Morgan fingerprint density at radius 1 is 1.30 bits per heavy atom. The zero-order chi connectivity index (χ0) is 16.6. The van der Waals surface area contributed by atoms with Crippen molar-refractivity contribution in [2.24, 2.45) is 0 Å². The van der Waals surface area contributed by atoms with E-state index in [9.17, 15) is 4.79 Å². The molecule has 0 saturated carbocycles. The number of hydrogen-bond acceptors (Lipinski definition) is 3. The lowest BCUT2D eigenvalue weighted by atomic mass is 10.0. The maximum absolute atomic E-state index is 12.5. The van der Waals surface area contributed by atoms with Gasteiger partial charge in [-0.3, -0.25) is 0 Å². The van der Waals surface area contributed by atoms with Gasteiger partial charge >= 0.3 is 6.09 Å². The van der Waals surface area contributed by atoms with Crippen molar-refractivity contribution in [2.45, 2.75) is 71.6 Å². The number of hydrogen-bond donors (Lipinski definition) is 0. The molecule has 1 aromatic carbocycles. The summed E-state index contributed by atoms with van der Waals surface area (Å²) in [7, 11) is 0. The van der Waals surface area contributed by atoms with E-state index >= 15 is 0 Å². The molecule has 0 unspecified atom stereocenters. The average Bonchev–Trinajstić information content (AvgIpc) is 2.85. The molecule has 23 heavy (non-hydrogen) atoms. The van der Waals surface area contributed by atoms with Crippen molar-refractivity contribution in [1.29, 1.82) is 0 Å². The molecule has 0 aromatic heterocycles. The Kier molecular flexibility index (Phi) is 4.26. The van der Waals surface area contributed by atoms with Crippen molar-refractivity contribution in [3.63, 3.8) is 0 Å². The van der Waals surface area contributed by atoms with E-state index in [-0.39, 0.29) is 12.2 Å². The fourth-order valence-corrected chi connectivity index (χ4v) is 3.35. The molecule has 1 amide bonds. The molecule has 126 valence electrons. The van der Waals surface area contributed by atoms with Gasteiger partial charge in [-0.25, -0.2) is 4.79 Å². The molecule has 0 saturated heterocycles. The highest BCUT2D eigenvalue weighted by Gasteiger charge is 2.31. The van der Waals surface area contributed by atoms with Gasteiger partial charge in [0.1, 0.15) is 17.5 Å². The van der Waals surface area contributed by atoms with E-state index in [4.69, 9.17) is 9.47 Å². The summed E-state index contributed by atoms with van der Waals surface area (Å²) in [5.41, 5.74) is 3.39. The summed E-state index contributed by atoms with van der Waals surface area (Å²) in [6.07, 6.45) is 4.06. The lowest BCUT2D eigenvalue weighted by molar-refractivity contribution is 0.0177. The second-order valence-corrected chi connectivity index (χ2v) is 7.55. The van der Waals surface area contributed by atoms with Gasteiger partial charge in [0.25, 0.3) is 0 Å². The number of benzene rings is 1. The number of amides is 1. The Bertz CT molecular complexity index is 603. The Hall–Kier alpha value is -1.71. The van der Waals surface area contributed by atoms with Crippen molar-refractivity contribution < 1.29 is 14.3 Å². The van der Waals surface area contributed by atoms with Gasteiger partial charge in [-0.1, -0.05) is 19.1 Å². The van der Waals surface area contributed by atoms with Gasteiger partial charge in [-0.2, -0.15) is 0 Å². The van der Waals surface area contributed by atoms with Crippen LogP contribution in [-0.2, 0) is 24.1 Å². The molecule has 1 aliphatic carbocycles. The van der Waals surface area contributed by atoms with E-state index in [1.165, 1.54) is 17.5 Å². The fourth-order valence-electron chi connectivity index (χ4n) is 3.35. The van der Waals surface area contributed by atoms with Gasteiger partial charge in [0.15, 0.2) is 0 Å². The number of ether oxygens (including phenoxy) is 2. The zero-order valence-corrected chi connectivity index (χ0v) is 14.6. The second-order valence-electron chi connectivity index (χ2n) is 7.55. The van der Waals surface area contributed by atoms with Gasteiger partial charge in [-0.15, -0.1) is 0 Å². The van der Waals surface area contributed by atoms with Gasteiger partial charge in [0.05, 0.1) is 13.1 Å². The summed E-state index contributed by atoms with van der Waals surface area (Å²) < 4.78 is 11.9. The third-order valence-electron chi connectivity index (χ3n) is 4.49. The lowest BCUT2D eigenvalue weighted by Crippen LogP contribution is -2.40. The van der Waals surface area contributed by atoms with Crippen molar-refractivity contribution in [1.82, 2.24) is 4.90 Å². The fraction of sp³-hybridized carbons (Fsp3) is 0.632. The molecule has 0 spiro atoms. The number of carbonyl (C=O) groups excluding carboxylic acids is 1. The minimum absolute atomic E-state index is 0.0240. The molecule has 0 radical (unpaired) electrons. The first kappa shape index (κ1) is 16.2. The largest absolute Gasteiger partial charge is 0.488 e. The zero-order valence-electron chi connectivity index (χ0n) is 14.6. The van der Waals surface area contributed by atoms with E-state index in [0.29, 0.717) is 13.1 Å². The van der Waals surface area contributed by atoms with Gasteiger partial charge in [0.2, 0.25) is 0 Å². The minimum Gasteiger partial charge on any atom is -0.488 e. The third kappa shape index (κ3) is 3.46. The number of fused-ring (bicyclic) bond motifs is 3. The predicted molar refractivity (Wildman–Crippen MR) is 89.8 cm³/mol. The van der Waals surface area contributed by atoms with Crippen molar-refractivity contribution in [3.8, 4) is 5.75 Å². The molecule has 1 heterocycles. The molecule has 0 fully saturated rings. The van der Waals surface area contributed by atoms with Crippen LogP contribution in [0.4, 0.5) is 4.79 Å². The maximum atomic E-state index is 12.5. The number of rotatable bonds is 1. The first-order valence-electron chi connectivity index (χ1n) is 8.65. The maximum Gasteiger partial charge on any atom is 0.410 e. The summed E-state index contributed by atoms with van der Waals surface area (Å²) in [5.74, 6) is 1.03. The van der Waals surface area contributed by atoms with Crippen LogP contribution in [-0.4, -0.2) is 29.2 Å². The molecule has 4 heteroatoms. The minimum atomic E-state index is -0.479. The van der Waals surface area contributed by atoms with Crippen LogP contribution in [0, 0.1) is 0 Å². The number of aryl methyl sites for hydroxylation is 1. The van der Waals surface area contributed by atoms with Crippen LogP contribution in [0.25, 0.3) is 0 Å². The van der Waals surface area contributed by atoms with Gasteiger partial charge in [-0.05, 0) is 57.6 Å². The topological polar surface area (TPSA) is 38.8 Å². The Morgan fingerprint density at radius 3 is 2.74 bits per heavy atom. The number of carbonyl (C=O) groups is 1. The van der Waals surface area contributed by atoms with Crippen molar-refractivity contribution in [2.75, 3.05) is 6.54 Å². The predicted octanol–water partition coefficient (Wildman–Crippen LogP) is 4.08. The van der Waals surface area contributed by atoms with Crippen LogP contribution in [0.1, 0.15) is 57.2 Å². The van der Waals surface area contributed by atoms with Gasteiger partial charge in [0, 0.05) is 5.56 Å². The molecule has 0 bridgehead atoms. The van der Waals surface area contributed by atoms with E-state index in [2.05, 4.69) is 19.1 Å². The van der Waals surface area contributed by atoms with Gasteiger partial charge < -0.3 is 14.4 Å². The standard InChI is InChI=1S/C19H27NO3/c1-5-15-12-20(18(21)23-19(2,3)4)11-14-10-9-13-7-6-8-16(13)17(14)22-15/h9-10,15H,5-8,11-12H2,1-4H3/t15-/m1/s1. The normalized spacial score (nSPS) is 20.3.